The topological polar surface area (TPSA) is 54.7 Å². The van der Waals surface area contributed by atoms with Crippen molar-refractivity contribution in [3.63, 3.8) is 0 Å². The van der Waals surface area contributed by atoms with E-state index in [4.69, 9.17) is 4.74 Å². The fraction of sp³-hybridized carbons (Fsp3) is 0.647. The van der Waals surface area contributed by atoms with Crippen LogP contribution in [-0.2, 0) is 17.8 Å². The molecule has 0 aliphatic heterocycles. The number of aromatic nitrogens is 2. The van der Waals surface area contributed by atoms with E-state index in [9.17, 15) is 0 Å². The van der Waals surface area contributed by atoms with E-state index in [1.54, 1.807) is 7.11 Å². The zero-order valence-electron chi connectivity index (χ0n) is 15.6. The second-order valence-corrected chi connectivity index (χ2v) is 5.62. The molecule has 1 heterocycles. The van der Waals surface area contributed by atoms with E-state index < -0.39 is 0 Å². The summed E-state index contributed by atoms with van der Waals surface area (Å²) in [7, 11) is 5.58. The number of aliphatic imine (C=N–C) groups is 1. The van der Waals surface area contributed by atoms with Crippen molar-refractivity contribution in [1.82, 2.24) is 20.0 Å². The van der Waals surface area contributed by atoms with Crippen LogP contribution in [0.25, 0.3) is 0 Å². The Bertz CT molecular complexity index is 527. The van der Waals surface area contributed by atoms with Crippen molar-refractivity contribution in [2.45, 2.75) is 39.8 Å². The van der Waals surface area contributed by atoms with Crippen molar-refractivity contribution in [2.75, 3.05) is 34.4 Å². The third-order valence-corrected chi connectivity index (χ3v) is 3.94. The van der Waals surface area contributed by atoms with E-state index in [1.165, 1.54) is 11.3 Å². The Morgan fingerprint density at radius 3 is 2.75 bits per heavy atom. The molecule has 0 aromatic carbocycles. The van der Waals surface area contributed by atoms with Crippen LogP contribution >= 0.6 is 24.0 Å². The zero-order valence-corrected chi connectivity index (χ0v) is 18.0. The number of methoxy groups -OCH3 is 1. The Morgan fingerprint density at radius 1 is 1.46 bits per heavy atom. The van der Waals surface area contributed by atoms with Gasteiger partial charge in [-0.2, -0.15) is 5.10 Å². The summed E-state index contributed by atoms with van der Waals surface area (Å²) in [6.07, 6.45) is 4.05. The van der Waals surface area contributed by atoms with E-state index in [1.807, 2.05) is 24.7 Å². The molecule has 138 valence electrons. The van der Waals surface area contributed by atoms with Gasteiger partial charge in [-0.25, -0.2) is 0 Å². The van der Waals surface area contributed by atoms with Gasteiger partial charge in [0, 0.05) is 45.6 Å². The van der Waals surface area contributed by atoms with E-state index in [0.29, 0.717) is 6.61 Å². The molecule has 0 radical (unpaired) electrons. The molecule has 0 unspecified atom stereocenters. The van der Waals surface area contributed by atoms with Gasteiger partial charge in [0.25, 0.3) is 0 Å². The number of allylic oxidation sites excluding steroid dienone is 1. The Balaban J connectivity index is 0.00000529. The van der Waals surface area contributed by atoms with Gasteiger partial charge < -0.3 is 15.0 Å². The first-order chi connectivity index (χ1) is 11.0. The number of rotatable bonds is 9. The number of nitrogens with zero attached hydrogens (tertiary/aromatic N) is 4. The highest BCUT2D eigenvalue weighted by molar-refractivity contribution is 14.0. The highest BCUT2D eigenvalue weighted by Crippen LogP contribution is 2.13. The number of guanidine groups is 1. The summed E-state index contributed by atoms with van der Waals surface area (Å²) in [5.74, 6) is 0.900. The molecule has 0 aliphatic carbocycles. The summed E-state index contributed by atoms with van der Waals surface area (Å²) in [6.45, 7) is 11.0. The number of nitrogens with one attached hydrogen (secondary N) is 1. The summed E-state index contributed by atoms with van der Waals surface area (Å²) >= 11 is 0. The van der Waals surface area contributed by atoms with Crippen LogP contribution in [0.5, 0.6) is 0 Å². The van der Waals surface area contributed by atoms with E-state index >= 15 is 0 Å². The van der Waals surface area contributed by atoms with E-state index in [0.717, 1.165) is 44.1 Å². The predicted molar refractivity (Wildman–Crippen MR) is 111 cm³/mol. The van der Waals surface area contributed by atoms with Crippen molar-refractivity contribution < 1.29 is 4.74 Å². The highest BCUT2D eigenvalue weighted by atomic mass is 127. The summed E-state index contributed by atoms with van der Waals surface area (Å²) in [5, 5.41) is 8.02. The first kappa shape index (κ1) is 22.9. The normalized spacial score (nSPS) is 11.1. The Labute approximate surface area is 163 Å². The molecule has 0 amide bonds. The molecule has 1 aromatic rings. The van der Waals surface area contributed by atoms with Gasteiger partial charge in [-0.3, -0.25) is 9.67 Å². The van der Waals surface area contributed by atoms with Gasteiger partial charge in [-0.05, 0) is 26.7 Å². The lowest BCUT2D eigenvalue weighted by Gasteiger charge is -2.22. The minimum absolute atomic E-state index is 0. The number of aryl methyl sites for hydroxylation is 1. The molecule has 0 saturated carbocycles. The van der Waals surface area contributed by atoms with Gasteiger partial charge in [0.05, 0.1) is 18.8 Å². The van der Waals surface area contributed by atoms with Crippen molar-refractivity contribution in [2.24, 2.45) is 4.99 Å². The van der Waals surface area contributed by atoms with Gasteiger partial charge in [-0.1, -0.05) is 6.08 Å². The quantitative estimate of drug-likeness (QED) is 0.207. The zero-order chi connectivity index (χ0) is 17.2. The number of halogens is 1. The number of hydrogen-bond donors (Lipinski definition) is 1. The second kappa shape index (κ2) is 12.3. The monoisotopic (exact) mass is 449 g/mol. The lowest BCUT2D eigenvalue weighted by Crippen LogP contribution is -2.39. The molecule has 1 N–H and O–H groups in total. The highest BCUT2D eigenvalue weighted by Gasteiger charge is 2.13. The molecule has 0 spiro atoms. The predicted octanol–water partition coefficient (Wildman–Crippen LogP) is 2.74. The Hall–Kier alpha value is -1.09. The molecule has 0 fully saturated rings. The molecule has 1 aromatic heterocycles. The Kier molecular flexibility index (Phi) is 11.7. The summed E-state index contributed by atoms with van der Waals surface area (Å²) < 4.78 is 7.14. The Morgan fingerprint density at radius 2 is 2.17 bits per heavy atom. The van der Waals surface area contributed by atoms with Crippen LogP contribution < -0.4 is 5.32 Å². The molecule has 0 saturated heterocycles. The van der Waals surface area contributed by atoms with Crippen molar-refractivity contribution >= 4 is 29.9 Å². The van der Waals surface area contributed by atoms with Crippen LogP contribution in [0.1, 0.15) is 29.8 Å². The van der Waals surface area contributed by atoms with Crippen molar-refractivity contribution in [3.05, 3.63) is 29.6 Å². The summed E-state index contributed by atoms with van der Waals surface area (Å²) in [6, 6.07) is 0. The maximum Gasteiger partial charge on any atom is 0.193 e. The average Bonchev–Trinajstić information content (AvgIpc) is 2.80. The van der Waals surface area contributed by atoms with Crippen molar-refractivity contribution in [1.29, 1.82) is 0 Å². The molecule has 0 bridgehead atoms. The molecule has 0 atom stereocenters. The minimum atomic E-state index is 0. The van der Waals surface area contributed by atoms with Crippen LogP contribution in [0.4, 0.5) is 0 Å². The summed E-state index contributed by atoms with van der Waals surface area (Å²) in [5.41, 5.74) is 3.45. The van der Waals surface area contributed by atoms with Gasteiger partial charge in [0.1, 0.15) is 0 Å². The maximum absolute atomic E-state index is 5.13. The minimum Gasteiger partial charge on any atom is -0.383 e. The molecule has 0 aliphatic rings. The molecular formula is C17H32IN5O. The first-order valence-electron chi connectivity index (χ1n) is 8.09. The van der Waals surface area contributed by atoms with Crippen LogP contribution in [-0.4, -0.2) is 55.0 Å². The van der Waals surface area contributed by atoms with Gasteiger partial charge >= 0.3 is 0 Å². The average molecular weight is 449 g/mol. The van der Waals surface area contributed by atoms with Crippen molar-refractivity contribution in [3.8, 4) is 0 Å². The van der Waals surface area contributed by atoms with Crippen LogP contribution in [0, 0.1) is 13.8 Å². The number of hydrogen-bond acceptors (Lipinski definition) is 3. The fourth-order valence-electron chi connectivity index (χ4n) is 2.52. The molecule has 24 heavy (non-hydrogen) atoms. The standard InChI is InChI=1S/C17H31N5O.HI/c1-7-8-9-10-21(5)17(18-4)19-13-16-14(2)20-22(15(16)3)11-12-23-6;/h7H,1,8-13H2,2-6H3,(H,18,19);1H. The smallest absolute Gasteiger partial charge is 0.193 e. The lowest BCUT2D eigenvalue weighted by molar-refractivity contribution is 0.182. The first-order valence-corrected chi connectivity index (χ1v) is 8.09. The van der Waals surface area contributed by atoms with Crippen LogP contribution in [0.15, 0.2) is 17.6 Å². The molecule has 1 rings (SSSR count). The van der Waals surface area contributed by atoms with Crippen LogP contribution in [0.2, 0.25) is 0 Å². The molecular weight excluding hydrogens is 417 g/mol. The number of unbranched alkanes of at least 4 members (excludes halogenated alkanes) is 1. The van der Waals surface area contributed by atoms with E-state index in [-0.39, 0.29) is 24.0 Å². The van der Waals surface area contributed by atoms with E-state index in [2.05, 4.69) is 40.9 Å². The molecule has 7 heteroatoms. The van der Waals surface area contributed by atoms with Gasteiger partial charge in [0.2, 0.25) is 0 Å². The van der Waals surface area contributed by atoms with Gasteiger partial charge in [0.15, 0.2) is 5.96 Å². The summed E-state index contributed by atoms with van der Waals surface area (Å²) in [4.78, 5) is 6.50. The SMILES string of the molecule is C=CCCCN(C)C(=NC)NCc1c(C)nn(CCOC)c1C.I. The van der Waals surface area contributed by atoms with Crippen LogP contribution in [0.3, 0.4) is 0 Å². The fourth-order valence-corrected chi connectivity index (χ4v) is 2.52. The third-order valence-electron chi connectivity index (χ3n) is 3.94. The second-order valence-electron chi connectivity index (χ2n) is 5.62. The van der Waals surface area contributed by atoms with Gasteiger partial charge in [-0.15, -0.1) is 30.6 Å². The number of ether oxygens (including phenoxy) is 1. The molecule has 6 nitrogen and oxygen atoms in total. The lowest BCUT2D eigenvalue weighted by atomic mass is 10.2. The maximum atomic E-state index is 5.13. The largest absolute Gasteiger partial charge is 0.383 e. The third kappa shape index (κ3) is 6.80.